The minimum Gasteiger partial charge on any atom is -0.497 e. The molecule has 2 N–H and O–H groups in total. The molecule has 0 saturated heterocycles. The number of nitrogens with zero attached hydrogens (tertiary/aromatic N) is 1. The van der Waals surface area contributed by atoms with Crippen LogP contribution in [0.5, 0.6) is 5.75 Å². The highest BCUT2D eigenvalue weighted by Gasteiger charge is 2.42. The molecule has 1 aromatic carbocycles. The zero-order valence-electron chi connectivity index (χ0n) is 12.7. The van der Waals surface area contributed by atoms with E-state index in [-0.39, 0.29) is 11.4 Å². The van der Waals surface area contributed by atoms with Crippen LogP contribution < -0.4 is 10.2 Å². The smallest absolute Gasteiger partial charge is 0.264 e. The van der Waals surface area contributed by atoms with Crippen LogP contribution in [0.4, 0.5) is 0 Å². The Labute approximate surface area is 130 Å². The Bertz CT molecular complexity index is 638. The van der Waals surface area contributed by atoms with Gasteiger partial charge >= 0.3 is 0 Å². The SMILES string of the molecule is C=CCN(C(C)(C)C(=O)NO)S(=O)(=O)c1ccc(OC)cc1. The van der Waals surface area contributed by atoms with E-state index in [0.29, 0.717) is 5.75 Å². The summed E-state index contributed by atoms with van der Waals surface area (Å²) >= 11 is 0. The lowest BCUT2D eigenvalue weighted by molar-refractivity contribution is -0.137. The number of hydrogen-bond donors (Lipinski definition) is 2. The number of amides is 1. The minimum atomic E-state index is -3.97. The van der Waals surface area contributed by atoms with Gasteiger partial charge in [0.2, 0.25) is 10.0 Å². The van der Waals surface area contributed by atoms with Crippen molar-refractivity contribution in [1.29, 1.82) is 0 Å². The summed E-state index contributed by atoms with van der Waals surface area (Å²) in [4.78, 5) is 11.8. The van der Waals surface area contributed by atoms with Gasteiger partial charge in [-0.3, -0.25) is 10.0 Å². The van der Waals surface area contributed by atoms with Gasteiger partial charge in [0, 0.05) is 6.54 Å². The molecule has 8 heteroatoms. The molecule has 0 spiro atoms. The number of carbonyl (C=O) groups is 1. The number of ether oxygens (including phenoxy) is 1. The summed E-state index contributed by atoms with van der Waals surface area (Å²) in [5.41, 5.74) is -0.0117. The Morgan fingerprint density at radius 3 is 2.36 bits per heavy atom. The Hall–Kier alpha value is -1.90. The van der Waals surface area contributed by atoms with Crippen molar-refractivity contribution in [3.8, 4) is 5.75 Å². The molecule has 0 aliphatic carbocycles. The number of rotatable bonds is 7. The molecule has 0 aliphatic rings. The summed E-state index contributed by atoms with van der Waals surface area (Å²) in [6, 6.07) is 5.80. The number of sulfonamides is 1. The second kappa shape index (κ2) is 6.91. The number of methoxy groups -OCH3 is 1. The predicted octanol–water partition coefficient (Wildman–Crippen LogP) is 1.16. The van der Waals surface area contributed by atoms with E-state index in [1.165, 1.54) is 56.8 Å². The zero-order valence-corrected chi connectivity index (χ0v) is 13.6. The molecule has 0 aromatic heterocycles. The summed E-state index contributed by atoms with van der Waals surface area (Å²) in [6.07, 6.45) is 1.37. The fourth-order valence-electron chi connectivity index (χ4n) is 1.87. The van der Waals surface area contributed by atoms with E-state index >= 15 is 0 Å². The van der Waals surface area contributed by atoms with Crippen LogP contribution in [0.1, 0.15) is 13.8 Å². The fourth-order valence-corrected chi connectivity index (χ4v) is 3.59. The van der Waals surface area contributed by atoms with Crippen molar-refractivity contribution >= 4 is 15.9 Å². The third kappa shape index (κ3) is 3.46. The quantitative estimate of drug-likeness (QED) is 0.445. The lowest BCUT2D eigenvalue weighted by atomic mass is 10.1. The van der Waals surface area contributed by atoms with Crippen LogP contribution >= 0.6 is 0 Å². The third-order valence-corrected chi connectivity index (χ3v) is 5.28. The first-order valence-electron chi connectivity index (χ1n) is 6.44. The lowest BCUT2D eigenvalue weighted by Crippen LogP contribution is -2.56. The number of hydrogen-bond acceptors (Lipinski definition) is 5. The van der Waals surface area contributed by atoms with Gasteiger partial charge in [-0.05, 0) is 38.1 Å². The normalized spacial score (nSPS) is 12.0. The monoisotopic (exact) mass is 328 g/mol. The number of hydroxylamine groups is 1. The van der Waals surface area contributed by atoms with Crippen LogP contribution in [0.2, 0.25) is 0 Å². The van der Waals surface area contributed by atoms with E-state index < -0.39 is 21.5 Å². The van der Waals surface area contributed by atoms with Crippen molar-refractivity contribution in [2.24, 2.45) is 0 Å². The molecular formula is C14H20N2O5S. The van der Waals surface area contributed by atoms with Gasteiger partial charge < -0.3 is 4.74 Å². The van der Waals surface area contributed by atoms with Crippen molar-refractivity contribution < 1.29 is 23.2 Å². The highest BCUT2D eigenvalue weighted by Crippen LogP contribution is 2.26. The van der Waals surface area contributed by atoms with Gasteiger partial charge in [-0.25, -0.2) is 13.9 Å². The highest BCUT2D eigenvalue weighted by molar-refractivity contribution is 7.89. The van der Waals surface area contributed by atoms with Crippen molar-refractivity contribution in [1.82, 2.24) is 9.79 Å². The van der Waals surface area contributed by atoms with E-state index in [4.69, 9.17) is 9.94 Å². The first-order valence-corrected chi connectivity index (χ1v) is 7.88. The van der Waals surface area contributed by atoms with Crippen molar-refractivity contribution in [2.75, 3.05) is 13.7 Å². The highest BCUT2D eigenvalue weighted by atomic mass is 32.2. The largest absolute Gasteiger partial charge is 0.497 e. The van der Waals surface area contributed by atoms with E-state index in [1.807, 2.05) is 0 Å². The Balaban J connectivity index is 3.33. The maximum atomic E-state index is 12.8. The maximum absolute atomic E-state index is 12.8. The van der Waals surface area contributed by atoms with Gasteiger partial charge in [-0.1, -0.05) is 6.08 Å². The molecule has 0 saturated carbocycles. The summed E-state index contributed by atoms with van der Waals surface area (Å²) < 4.78 is 31.5. The average Bonchev–Trinajstić information content (AvgIpc) is 2.51. The van der Waals surface area contributed by atoms with Crippen LogP contribution in [0.3, 0.4) is 0 Å². The molecule has 1 aromatic rings. The molecule has 22 heavy (non-hydrogen) atoms. The molecular weight excluding hydrogens is 308 g/mol. The zero-order chi connectivity index (χ0) is 17.0. The number of nitrogens with one attached hydrogen (secondary N) is 1. The van der Waals surface area contributed by atoms with E-state index in [9.17, 15) is 13.2 Å². The second-order valence-electron chi connectivity index (χ2n) is 5.00. The van der Waals surface area contributed by atoms with Gasteiger partial charge in [-0.2, -0.15) is 4.31 Å². The van der Waals surface area contributed by atoms with Crippen molar-refractivity contribution in [3.05, 3.63) is 36.9 Å². The van der Waals surface area contributed by atoms with Crippen LogP contribution in [-0.2, 0) is 14.8 Å². The average molecular weight is 328 g/mol. The van der Waals surface area contributed by atoms with Gasteiger partial charge in [-0.15, -0.1) is 6.58 Å². The van der Waals surface area contributed by atoms with Crippen LogP contribution in [0.15, 0.2) is 41.8 Å². The van der Waals surface area contributed by atoms with Gasteiger partial charge in [0.1, 0.15) is 11.3 Å². The number of carbonyl (C=O) groups excluding carboxylic acids is 1. The minimum absolute atomic E-state index is 0.00830. The third-order valence-electron chi connectivity index (χ3n) is 3.22. The molecule has 0 bridgehead atoms. The van der Waals surface area contributed by atoms with Gasteiger partial charge in [0.05, 0.1) is 12.0 Å². The molecule has 0 radical (unpaired) electrons. The van der Waals surface area contributed by atoms with E-state index in [1.54, 1.807) is 0 Å². The standard InChI is InChI=1S/C14H20N2O5S/c1-5-10-16(14(2,3)13(17)15-18)22(19,20)12-8-6-11(21-4)7-9-12/h5-9,18H,1,10H2,2-4H3,(H,15,17). The summed E-state index contributed by atoms with van der Waals surface area (Å²) in [5, 5.41) is 8.83. The van der Waals surface area contributed by atoms with Crippen LogP contribution in [-0.4, -0.2) is 43.0 Å². The molecule has 0 heterocycles. The van der Waals surface area contributed by atoms with Crippen LogP contribution in [0, 0.1) is 0 Å². The lowest BCUT2D eigenvalue weighted by Gasteiger charge is -2.34. The van der Waals surface area contributed by atoms with E-state index in [0.717, 1.165) is 4.31 Å². The predicted molar refractivity (Wildman–Crippen MR) is 81.1 cm³/mol. The number of benzene rings is 1. The van der Waals surface area contributed by atoms with Crippen molar-refractivity contribution in [3.63, 3.8) is 0 Å². The Morgan fingerprint density at radius 1 is 1.41 bits per heavy atom. The molecule has 7 nitrogen and oxygen atoms in total. The van der Waals surface area contributed by atoms with Crippen molar-refractivity contribution in [2.45, 2.75) is 24.3 Å². The Kier molecular flexibility index (Phi) is 5.70. The van der Waals surface area contributed by atoms with Gasteiger partial charge in [0.15, 0.2) is 0 Å². The molecule has 0 atom stereocenters. The molecule has 1 amide bonds. The fraction of sp³-hybridized carbons (Fsp3) is 0.357. The molecule has 122 valence electrons. The summed E-state index contributed by atoms with van der Waals surface area (Å²) in [6.45, 7) is 6.21. The van der Waals surface area contributed by atoms with Crippen LogP contribution in [0.25, 0.3) is 0 Å². The second-order valence-corrected chi connectivity index (χ2v) is 6.86. The van der Waals surface area contributed by atoms with Gasteiger partial charge in [0.25, 0.3) is 5.91 Å². The first kappa shape index (κ1) is 18.1. The summed E-state index contributed by atoms with van der Waals surface area (Å²) in [7, 11) is -2.49. The van der Waals surface area contributed by atoms with E-state index in [2.05, 4.69) is 6.58 Å². The molecule has 0 fully saturated rings. The summed E-state index contributed by atoms with van der Waals surface area (Å²) in [5.74, 6) is -0.326. The maximum Gasteiger partial charge on any atom is 0.264 e. The molecule has 1 rings (SSSR count). The topological polar surface area (TPSA) is 95.9 Å². The Morgan fingerprint density at radius 2 is 1.95 bits per heavy atom. The first-order chi connectivity index (χ1) is 10.2. The molecule has 0 aliphatic heterocycles. The molecule has 0 unspecified atom stereocenters.